The molecule has 0 amide bonds. The molecule has 1 N–H and O–H groups in total. The van der Waals surface area contributed by atoms with Crippen molar-refractivity contribution in [2.75, 3.05) is 0 Å². The first-order valence-corrected chi connectivity index (χ1v) is 8.94. The van der Waals surface area contributed by atoms with Gasteiger partial charge in [-0.3, -0.25) is 0 Å². The van der Waals surface area contributed by atoms with Crippen molar-refractivity contribution in [1.29, 1.82) is 0 Å². The van der Waals surface area contributed by atoms with Crippen LogP contribution in [0.3, 0.4) is 0 Å². The van der Waals surface area contributed by atoms with E-state index in [9.17, 15) is 9.90 Å². The van der Waals surface area contributed by atoms with E-state index in [1.54, 1.807) is 12.1 Å². The molecule has 0 aromatic heterocycles. The molecule has 1 saturated carbocycles. The molecule has 0 aliphatic heterocycles. The van der Waals surface area contributed by atoms with Gasteiger partial charge in [-0.05, 0) is 41.0 Å². The van der Waals surface area contributed by atoms with Crippen LogP contribution in [-0.4, -0.2) is 11.1 Å². The molecular formula is C19H21O2P. The average molecular weight is 312 g/mol. The van der Waals surface area contributed by atoms with E-state index in [4.69, 9.17) is 0 Å². The maximum Gasteiger partial charge on any atom is 0.336 e. The third-order valence-electron chi connectivity index (χ3n) is 4.43. The van der Waals surface area contributed by atoms with Gasteiger partial charge in [-0.1, -0.05) is 70.3 Å². The van der Waals surface area contributed by atoms with Gasteiger partial charge in [0, 0.05) is 0 Å². The zero-order chi connectivity index (χ0) is 15.4. The molecule has 1 fully saturated rings. The maximum absolute atomic E-state index is 11.4. The Kier molecular flexibility index (Phi) is 4.90. The number of carboxylic acid groups (broad SMARTS) is 1. The quantitative estimate of drug-likeness (QED) is 0.864. The van der Waals surface area contributed by atoms with Gasteiger partial charge < -0.3 is 5.11 Å². The smallest absolute Gasteiger partial charge is 0.336 e. The van der Waals surface area contributed by atoms with Gasteiger partial charge in [0.05, 0.1) is 5.56 Å². The van der Waals surface area contributed by atoms with Crippen molar-refractivity contribution >= 4 is 25.2 Å². The monoisotopic (exact) mass is 312 g/mol. The second kappa shape index (κ2) is 7.07. The molecule has 3 heteroatoms. The SMILES string of the molecule is O=C(O)c1ccccc1Pc1ccccc1C1CCCCC1. The molecule has 1 aliphatic rings. The molecule has 1 atom stereocenters. The number of benzene rings is 2. The normalized spacial score (nSPS) is 16.2. The maximum atomic E-state index is 11.4. The predicted octanol–water partition coefficient (Wildman–Crippen LogP) is 4.06. The summed E-state index contributed by atoms with van der Waals surface area (Å²) in [7, 11) is 0.411. The van der Waals surface area contributed by atoms with Crippen LogP contribution in [0.25, 0.3) is 0 Å². The van der Waals surface area contributed by atoms with Crippen molar-refractivity contribution in [3.8, 4) is 0 Å². The van der Waals surface area contributed by atoms with Gasteiger partial charge in [0.1, 0.15) is 0 Å². The molecule has 0 heterocycles. The fourth-order valence-electron chi connectivity index (χ4n) is 3.30. The number of hydrogen-bond donors (Lipinski definition) is 1. The van der Waals surface area contributed by atoms with Crippen LogP contribution in [-0.2, 0) is 0 Å². The minimum Gasteiger partial charge on any atom is -0.478 e. The van der Waals surface area contributed by atoms with E-state index in [2.05, 4.69) is 24.3 Å². The molecule has 2 nitrogen and oxygen atoms in total. The fourth-order valence-corrected chi connectivity index (χ4v) is 4.71. The lowest BCUT2D eigenvalue weighted by atomic mass is 9.84. The van der Waals surface area contributed by atoms with Crippen molar-refractivity contribution in [3.63, 3.8) is 0 Å². The van der Waals surface area contributed by atoms with E-state index in [0.29, 0.717) is 20.1 Å². The highest BCUT2D eigenvalue weighted by Crippen LogP contribution is 2.33. The fraction of sp³-hybridized carbons (Fsp3) is 0.316. The first-order chi connectivity index (χ1) is 10.8. The van der Waals surface area contributed by atoms with Gasteiger partial charge in [0.2, 0.25) is 0 Å². The minimum absolute atomic E-state index is 0.411. The second-order valence-corrected chi connectivity index (χ2v) is 7.23. The van der Waals surface area contributed by atoms with Crippen molar-refractivity contribution in [2.45, 2.75) is 38.0 Å². The Balaban J connectivity index is 1.91. The third-order valence-corrected chi connectivity index (χ3v) is 5.86. The molecule has 1 unspecified atom stereocenters. The van der Waals surface area contributed by atoms with Crippen LogP contribution < -0.4 is 10.6 Å². The summed E-state index contributed by atoms with van der Waals surface area (Å²) < 4.78 is 0. The summed E-state index contributed by atoms with van der Waals surface area (Å²) in [6, 6.07) is 16.0. The van der Waals surface area contributed by atoms with E-state index in [0.717, 1.165) is 5.30 Å². The summed E-state index contributed by atoms with van der Waals surface area (Å²) in [5.41, 5.74) is 1.86. The van der Waals surface area contributed by atoms with Gasteiger partial charge in [0.15, 0.2) is 0 Å². The molecule has 22 heavy (non-hydrogen) atoms. The molecule has 0 bridgehead atoms. The van der Waals surface area contributed by atoms with Gasteiger partial charge >= 0.3 is 5.97 Å². The number of rotatable bonds is 4. The molecule has 114 valence electrons. The number of carboxylic acids is 1. The van der Waals surface area contributed by atoms with E-state index in [-0.39, 0.29) is 0 Å². The Morgan fingerprint density at radius 3 is 2.27 bits per heavy atom. The summed E-state index contributed by atoms with van der Waals surface area (Å²) in [5.74, 6) is -0.187. The summed E-state index contributed by atoms with van der Waals surface area (Å²) in [5, 5.41) is 11.6. The average Bonchev–Trinajstić information content (AvgIpc) is 2.56. The molecule has 2 aromatic carbocycles. The van der Waals surface area contributed by atoms with Crippen LogP contribution in [0.4, 0.5) is 0 Å². The third kappa shape index (κ3) is 3.39. The summed E-state index contributed by atoms with van der Waals surface area (Å²) in [4.78, 5) is 11.4. The van der Waals surface area contributed by atoms with Crippen LogP contribution in [0.2, 0.25) is 0 Å². The lowest BCUT2D eigenvalue weighted by Gasteiger charge is -2.24. The first-order valence-electron chi connectivity index (χ1n) is 7.94. The van der Waals surface area contributed by atoms with Crippen molar-refractivity contribution in [1.82, 2.24) is 0 Å². The predicted molar refractivity (Wildman–Crippen MR) is 93.3 cm³/mol. The largest absolute Gasteiger partial charge is 0.478 e. The van der Waals surface area contributed by atoms with Crippen molar-refractivity contribution in [3.05, 3.63) is 59.7 Å². The Labute approximate surface area is 133 Å². The van der Waals surface area contributed by atoms with Crippen molar-refractivity contribution < 1.29 is 9.90 Å². The highest BCUT2D eigenvalue weighted by atomic mass is 31.1. The van der Waals surface area contributed by atoms with E-state index < -0.39 is 5.97 Å². The number of hydrogen-bond acceptors (Lipinski definition) is 1. The molecule has 0 radical (unpaired) electrons. The zero-order valence-corrected chi connectivity index (χ0v) is 13.6. The van der Waals surface area contributed by atoms with E-state index in [1.807, 2.05) is 12.1 Å². The summed E-state index contributed by atoms with van der Waals surface area (Å²) in [6.07, 6.45) is 6.51. The number of aromatic carboxylic acids is 1. The number of carbonyl (C=O) groups is 1. The first kappa shape index (κ1) is 15.2. The standard InChI is InChI=1S/C19H21O2P/c20-19(21)16-11-5-7-13-18(16)22-17-12-6-4-10-15(17)14-8-2-1-3-9-14/h4-7,10-14,22H,1-3,8-9H2,(H,20,21). The van der Waals surface area contributed by atoms with E-state index >= 15 is 0 Å². The van der Waals surface area contributed by atoms with Crippen LogP contribution in [0.1, 0.15) is 53.9 Å². The molecule has 1 aliphatic carbocycles. The van der Waals surface area contributed by atoms with Crippen LogP contribution in [0, 0.1) is 0 Å². The lowest BCUT2D eigenvalue weighted by Crippen LogP contribution is -2.18. The van der Waals surface area contributed by atoms with Gasteiger partial charge in [-0.25, -0.2) is 4.79 Å². The van der Waals surface area contributed by atoms with Crippen LogP contribution in [0.15, 0.2) is 48.5 Å². The van der Waals surface area contributed by atoms with Gasteiger partial charge in [0.25, 0.3) is 0 Å². The summed E-state index contributed by atoms with van der Waals surface area (Å²) >= 11 is 0. The second-order valence-electron chi connectivity index (χ2n) is 5.90. The molecule has 0 spiro atoms. The van der Waals surface area contributed by atoms with Gasteiger partial charge in [-0.2, -0.15) is 0 Å². The molecular weight excluding hydrogens is 291 g/mol. The Morgan fingerprint density at radius 1 is 0.909 bits per heavy atom. The van der Waals surface area contributed by atoms with Crippen LogP contribution in [0.5, 0.6) is 0 Å². The van der Waals surface area contributed by atoms with Gasteiger partial charge in [-0.15, -0.1) is 0 Å². The summed E-state index contributed by atoms with van der Waals surface area (Å²) in [6.45, 7) is 0. The molecule has 0 saturated heterocycles. The lowest BCUT2D eigenvalue weighted by molar-refractivity contribution is 0.0698. The Hall–Kier alpha value is -1.66. The molecule has 2 aromatic rings. The van der Waals surface area contributed by atoms with E-state index in [1.165, 1.54) is 43.0 Å². The highest BCUT2D eigenvalue weighted by Gasteiger charge is 2.19. The minimum atomic E-state index is -0.835. The van der Waals surface area contributed by atoms with Crippen molar-refractivity contribution in [2.24, 2.45) is 0 Å². The zero-order valence-electron chi connectivity index (χ0n) is 12.6. The molecule has 3 rings (SSSR count). The Bertz CT molecular complexity index is 660. The topological polar surface area (TPSA) is 37.3 Å². The highest BCUT2D eigenvalue weighted by molar-refractivity contribution is 7.55. The van der Waals surface area contributed by atoms with Crippen LogP contribution >= 0.6 is 8.58 Å². The Morgan fingerprint density at radius 2 is 1.55 bits per heavy atom.